The molecule has 20 heavy (non-hydrogen) atoms. The highest BCUT2D eigenvalue weighted by molar-refractivity contribution is 9.10. The molecule has 2 aromatic rings. The molecule has 0 fully saturated rings. The van der Waals surface area contributed by atoms with Crippen LogP contribution in [0.2, 0.25) is 0 Å². The molecular weight excluding hydrogens is 318 g/mol. The number of halogens is 1. The van der Waals surface area contributed by atoms with Crippen molar-refractivity contribution in [2.75, 3.05) is 12.3 Å². The number of rotatable bonds is 4. The maximum atomic E-state index is 12.6. The second-order valence-corrected chi connectivity index (χ2v) is 5.33. The number of hydrogen-bond acceptors (Lipinski definition) is 3. The van der Waals surface area contributed by atoms with Crippen LogP contribution in [0.4, 0.5) is 5.69 Å². The van der Waals surface area contributed by atoms with Gasteiger partial charge in [0.15, 0.2) is 5.78 Å². The number of ether oxygens (including phenoxy) is 1. The third-order valence-corrected chi connectivity index (χ3v) is 3.65. The Morgan fingerprint density at radius 1 is 1.20 bits per heavy atom. The number of nitrogen functional groups attached to an aromatic ring is 1. The summed E-state index contributed by atoms with van der Waals surface area (Å²) in [6.07, 6.45) is 0. The first-order chi connectivity index (χ1) is 9.52. The standard InChI is InChI=1S/C16H16BrNO2/c1-3-20-12-5-7-14(15(17)9-12)16(19)13-6-4-11(18)8-10(13)2/h4-9H,3,18H2,1-2H3. The van der Waals surface area contributed by atoms with E-state index in [1.165, 1.54) is 0 Å². The molecule has 0 aromatic heterocycles. The minimum absolute atomic E-state index is 0.0302. The lowest BCUT2D eigenvalue weighted by atomic mass is 9.98. The lowest BCUT2D eigenvalue weighted by Crippen LogP contribution is -2.05. The molecule has 0 radical (unpaired) electrons. The molecule has 0 amide bonds. The first-order valence-corrected chi connectivity index (χ1v) is 7.15. The maximum Gasteiger partial charge on any atom is 0.194 e. The van der Waals surface area contributed by atoms with E-state index in [4.69, 9.17) is 10.5 Å². The highest BCUT2D eigenvalue weighted by Crippen LogP contribution is 2.26. The molecule has 2 rings (SSSR count). The summed E-state index contributed by atoms with van der Waals surface area (Å²) in [4.78, 5) is 12.6. The van der Waals surface area contributed by atoms with Gasteiger partial charge >= 0.3 is 0 Å². The van der Waals surface area contributed by atoms with Crippen molar-refractivity contribution < 1.29 is 9.53 Å². The molecule has 0 saturated carbocycles. The monoisotopic (exact) mass is 333 g/mol. The minimum Gasteiger partial charge on any atom is -0.494 e. The van der Waals surface area contributed by atoms with E-state index in [0.29, 0.717) is 23.4 Å². The van der Waals surface area contributed by atoms with Crippen molar-refractivity contribution in [3.05, 3.63) is 57.6 Å². The van der Waals surface area contributed by atoms with Gasteiger partial charge in [-0.2, -0.15) is 0 Å². The Labute approximate surface area is 126 Å². The predicted octanol–water partition coefficient (Wildman–Crippen LogP) is 3.97. The van der Waals surface area contributed by atoms with Crippen LogP contribution in [0.1, 0.15) is 28.4 Å². The maximum absolute atomic E-state index is 12.6. The van der Waals surface area contributed by atoms with Crippen molar-refractivity contribution in [1.82, 2.24) is 0 Å². The van der Waals surface area contributed by atoms with Crippen molar-refractivity contribution in [3.63, 3.8) is 0 Å². The fraction of sp³-hybridized carbons (Fsp3) is 0.188. The normalized spacial score (nSPS) is 10.3. The van der Waals surface area contributed by atoms with Crippen LogP contribution in [0.3, 0.4) is 0 Å². The number of nitrogens with two attached hydrogens (primary N) is 1. The van der Waals surface area contributed by atoms with E-state index in [0.717, 1.165) is 15.8 Å². The lowest BCUT2D eigenvalue weighted by Gasteiger charge is -2.09. The summed E-state index contributed by atoms with van der Waals surface area (Å²) in [5.74, 6) is 0.711. The molecule has 0 saturated heterocycles. The molecule has 0 aliphatic rings. The first kappa shape index (κ1) is 14.6. The zero-order valence-corrected chi connectivity index (χ0v) is 13.0. The van der Waals surface area contributed by atoms with Crippen molar-refractivity contribution in [1.29, 1.82) is 0 Å². The highest BCUT2D eigenvalue weighted by Gasteiger charge is 2.15. The molecule has 4 heteroatoms. The number of hydrogen-bond donors (Lipinski definition) is 1. The SMILES string of the molecule is CCOc1ccc(C(=O)c2ccc(N)cc2C)c(Br)c1. The Kier molecular flexibility index (Phi) is 4.45. The Balaban J connectivity index is 2.38. The number of anilines is 1. The van der Waals surface area contributed by atoms with Gasteiger partial charge in [-0.05, 0) is 71.7 Å². The summed E-state index contributed by atoms with van der Waals surface area (Å²) < 4.78 is 6.14. The summed E-state index contributed by atoms with van der Waals surface area (Å²) in [7, 11) is 0. The van der Waals surface area contributed by atoms with Crippen LogP contribution in [0.15, 0.2) is 40.9 Å². The van der Waals surface area contributed by atoms with Crippen LogP contribution in [-0.4, -0.2) is 12.4 Å². The van der Waals surface area contributed by atoms with Gasteiger partial charge in [0.1, 0.15) is 5.75 Å². The quantitative estimate of drug-likeness (QED) is 0.680. The van der Waals surface area contributed by atoms with E-state index in [-0.39, 0.29) is 5.78 Å². The highest BCUT2D eigenvalue weighted by atomic mass is 79.9. The molecule has 0 unspecified atom stereocenters. The average molecular weight is 334 g/mol. The molecular formula is C16H16BrNO2. The van der Waals surface area contributed by atoms with Crippen molar-refractivity contribution in [2.24, 2.45) is 0 Å². The molecule has 0 aliphatic carbocycles. The zero-order chi connectivity index (χ0) is 14.7. The van der Waals surface area contributed by atoms with Crippen LogP contribution < -0.4 is 10.5 Å². The van der Waals surface area contributed by atoms with Crippen LogP contribution >= 0.6 is 15.9 Å². The van der Waals surface area contributed by atoms with E-state index in [1.807, 2.05) is 19.9 Å². The second-order valence-electron chi connectivity index (χ2n) is 4.48. The van der Waals surface area contributed by atoms with E-state index in [2.05, 4.69) is 15.9 Å². The fourth-order valence-electron chi connectivity index (χ4n) is 2.02. The summed E-state index contributed by atoms with van der Waals surface area (Å²) in [5.41, 5.74) is 8.51. The predicted molar refractivity (Wildman–Crippen MR) is 84.3 cm³/mol. The third-order valence-electron chi connectivity index (χ3n) is 2.99. The smallest absolute Gasteiger partial charge is 0.194 e. The molecule has 0 spiro atoms. The van der Waals surface area contributed by atoms with Gasteiger partial charge in [0.25, 0.3) is 0 Å². The van der Waals surface area contributed by atoms with E-state index >= 15 is 0 Å². The van der Waals surface area contributed by atoms with Gasteiger partial charge in [0.05, 0.1) is 6.61 Å². The number of ketones is 1. The molecule has 2 N–H and O–H groups in total. The van der Waals surface area contributed by atoms with E-state index in [1.54, 1.807) is 30.3 Å². The lowest BCUT2D eigenvalue weighted by molar-refractivity contribution is 0.103. The second kappa shape index (κ2) is 6.09. The fourth-order valence-corrected chi connectivity index (χ4v) is 2.56. The number of aryl methyl sites for hydroxylation is 1. The summed E-state index contributed by atoms with van der Waals surface area (Å²) in [6.45, 7) is 4.40. The molecule has 2 aromatic carbocycles. The third kappa shape index (κ3) is 3.02. The van der Waals surface area contributed by atoms with Gasteiger partial charge in [-0.3, -0.25) is 4.79 Å². The molecule has 0 aliphatic heterocycles. The molecule has 0 heterocycles. The van der Waals surface area contributed by atoms with Crippen LogP contribution in [-0.2, 0) is 0 Å². The van der Waals surface area contributed by atoms with Gasteiger partial charge < -0.3 is 10.5 Å². The summed E-state index contributed by atoms with van der Waals surface area (Å²) >= 11 is 3.43. The van der Waals surface area contributed by atoms with Crippen molar-refractivity contribution in [2.45, 2.75) is 13.8 Å². The Morgan fingerprint density at radius 3 is 2.50 bits per heavy atom. The summed E-state index contributed by atoms with van der Waals surface area (Å²) in [6, 6.07) is 10.7. The molecule has 104 valence electrons. The number of carbonyl (C=O) groups is 1. The number of benzene rings is 2. The topological polar surface area (TPSA) is 52.3 Å². The van der Waals surface area contributed by atoms with E-state index < -0.39 is 0 Å². The van der Waals surface area contributed by atoms with Crippen LogP contribution in [0.5, 0.6) is 5.75 Å². The molecule has 3 nitrogen and oxygen atoms in total. The van der Waals surface area contributed by atoms with Gasteiger partial charge in [0, 0.05) is 21.3 Å². The van der Waals surface area contributed by atoms with E-state index in [9.17, 15) is 4.79 Å². The average Bonchev–Trinajstić information content (AvgIpc) is 2.38. The molecule has 0 atom stereocenters. The summed E-state index contributed by atoms with van der Waals surface area (Å²) in [5, 5.41) is 0. The van der Waals surface area contributed by atoms with Crippen molar-refractivity contribution in [3.8, 4) is 5.75 Å². The van der Waals surface area contributed by atoms with Gasteiger partial charge in [-0.1, -0.05) is 0 Å². The minimum atomic E-state index is -0.0302. The van der Waals surface area contributed by atoms with Gasteiger partial charge in [-0.15, -0.1) is 0 Å². The Bertz CT molecular complexity index is 653. The first-order valence-electron chi connectivity index (χ1n) is 6.36. The number of carbonyl (C=O) groups excluding carboxylic acids is 1. The Hall–Kier alpha value is -1.81. The van der Waals surface area contributed by atoms with Crippen molar-refractivity contribution >= 4 is 27.4 Å². The van der Waals surface area contributed by atoms with Crippen LogP contribution in [0, 0.1) is 6.92 Å². The zero-order valence-electron chi connectivity index (χ0n) is 11.4. The van der Waals surface area contributed by atoms with Gasteiger partial charge in [0.2, 0.25) is 0 Å². The Morgan fingerprint density at radius 2 is 1.90 bits per heavy atom. The largest absolute Gasteiger partial charge is 0.494 e. The van der Waals surface area contributed by atoms with Gasteiger partial charge in [-0.25, -0.2) is 0 Å². The molecule has 0 bridgehead atoms. The van der Waals surface area contributed by atoms with Crippen LogP contribution in [0.25, 0.3) is 0 Å².